The molecule has 172 valence electrons. The Labute approximate surface area is 189 Å². The first-order valence-corrected chi connectivity index (χ1v) is 12.6. The summed E-state index contributed by atoms with van der Waals surface area (Å²) in [6.45, 7) is 6.71. The molecule has 2 N–H and O–H groups in total. The lowest BCUT2D eigenvalue weighted by molar-refractivity contribution is 0.0697. The Balaban J connectivity index is 1.52. The van der Waals surface area contributed by atoms with Gasteiger partial charge >= 0.3 is 5.97 Å². The molecule has 2 fully saturated rings. The Morgan fingerprint density at radius 1 is 1.16 bits per heavy atom. The fourth-order valence-electron chi connectivity index (χ4n) is 4.59. The summed E-state index contributed by atoms with van der Waals surface area (Å²) in [5, 5.41) is 9.81. The second-order valence-electron chi connectivity index (χ2n) is 8.78. The Kier molecular flexibility index (Phi) is 6.66. The fourth-order valence-corrected chi connectivity index (χ4v) is 5.63. The zero-order valence-electron chi connectivity index (χ0n) is 18.3. The van der Waals surface area contributed by atoms with Crippen LogP contribution in [0.15, 0.2) is 41.4 Å². The van der Waals surface area contributed by atoms with E-state index in [1.807, 2.05) is 11.8 Å². The molecule has 0 amide bonds. The van der Waals surface area contributed by atoms with Gasteiger partial charge in [-0.15, -0.1) is 0 Å². The molecule has 0 aliphatic carbocycles. The van der Waals surface area contributed by atoms with Crippen molar-refractivity contribution in [3.05, 3.63) is 47.7 Å². The number of anilines is 2. The molecule has 0 spiro atoms. The molecule has 8 nitrogen and oxygen atoms in total. The van der Waals surface area contributed by atoms with Gasteiger partial charge in [-0.2, -0.15) is 0 Å². The number of hydrogen-bond acceptors (Lipinski definition) is 6. The average Bonchev–Trinajstić information content (AvgIpc) is 3.27. The number of aromatic nitrogens is 1. The van der Waals surface area contributed by atoms with Crippen molar-refractivity contribution >= 4 is 27.5 Å². The summed E-state index contributed by atoms with van der Waals surface area (Å²) in [4.78, 5) is 21.0. The molecule has 0 saturated carbocycles. The molecule has 1 aromatic carbocycles. The number of nitrogens with one attached hydrogen (secondary N) is 1. The van der Waals surface area contributed by atoms with Crippen LogP contribution in [-0.4, -0.2) is 62.1 Å². The summed E-state index contributed by atoms with van der Waals surface area (Å²) in [6.07, 6.45) is 6.02. The standard InChI is InChI=1S/C23H30N4O4S/c1-17-6-8-20(9-7-17)32(30,31)25-19-13-21(23(28)29)22(24-14-19)27-12-4-5-18(16-27)15-26-10-2-3-11-26/h6-9,13-14,18,25H,2-5,10-12,15-16H2,1H3,(H,28,29)/t18-/m0/s1. The minimum Gasteiger partial charge on any atom is -0.478 e. The van der Waals surface area contributed by atoms with E-state index >= 15 is 0 Å². The molecule has 1 aromatic heterocycles. The highest BCUT2D eigenvalue weighted by atomic mass is 32.2. The van der Waals surface area contributed by atoms with Gasteiger partial charge < -0.3 is 14.9 Å². The third kappa shape index (κ3) is 5.21. The molecule has 0 bridgehead atoms. The quantitative estimate of drug-likeness (QED) is 0.657. The lowest BCUT2D eigenvalue weighted by Gasteiger charge is -2.36. The van der Waals surface area contributed by atoms with Crippen molar-refractivity contribution in [3.63, 3.8) is 0 Å². The average molecular weight is 459 g/mol. The van der Waals surface area contributed by atoms with Crippen LogP contribution in [0.3, 0.4) is 0 Å². The second-order valence-corrected chi connectivity index (χ2v) is 10.5. The summed E-state index contributed by atoms with van der Waals surface area (Å²) < 4.78 is 27.8. The van der Waals surface area contributed by atoms with E-state index < -0.39 is 16.0 Å². The molecule has 2 aliphatic heterocycles. The van der Waals surface area contributed by atoms with Gasteiger partial charge in [0.15, 0.2) is 0 Å². The second kappa shape index (κ2) is 9.46. The number of sulfonamides is 1. The Morgan fingerprint density at radius 2 is 1.88 bits per heavy atom. The molecular formula is C23H30N4O4S. The lowest BCUT2D eigenvalue weighted by Crippen LogP contribution is -2.41. The number of aryl methyl sites for hydroxylation is 1. The van der Waals surface area contributed by atoms with Crippen molar-refractivity contribution in [3.8, 4) is 0 Å². The molecule has 0 unspecified atom stereocenters. The number of aromatic carboxylic acids is 1. The molecule has 2 saturated heterocycles. The van der Waals surface area contributed by atoms with Gasteiger partial charge in [-0.3, -0.25) is 4.72 Å². The van der Waals surface area contributed by atoms with Crippen molar-refractivity contribution in [2.24, 2.45) is 5.92 Å². The summed E-state index contributed by atoms with van der Waals surface area (Å²) in [6, 6.07) is 7.83. The number of hydrogen-bond donors (Lipinski definition) is 2. The summed E-state index contributed by atoms with van der Waals surface area (Å²) in [7, 11) is -3.83. The third-order valence-corrected chi connectivity index (χ3v) is 7.61. The summed E-state index contributed by atoms with van der Waals surface area (Å²) in [5.74, 6) is -0.238. The molecule has 2 aromatic rings. The van der Waals surface area contributed by atoms with Crippen molar-refractivity contribution in [2.75, 3.05) is 42.3 Å². The topological polar surface area (TPSA) is 103 Å². The number of rotatable bonds is 7. The van der Waals surface area contributed by atoms with Crippen LogP contribution in [0.2, 0.25) is 0 Å². The largest absolute Gasteiger partial charge is 0.478 e. The van der Waals surface area contributed by atoms with Gasteiger partial charge in [0.05, 0.1) is 16.8 Å². The summed E-state index contributed by atoms with van der Waals surface area (Å²) >= 11 is 0. The van der Waals surface area contributed by atoms with Gasteiger partial charge in [-0.05, 0) is 69.8 Å². The van der Waals surface area contributed by atoms with Gasteiger partial charge in [0.2, 0.25) is 0 Å². The molecule has 1 atom stereocenters. The van der Waals surface area contributed by atoms with Crippen LogP contribution >= 0.6 is 0 Å². The van der Waals surface area contributed by atoms with E-state index in [9.17, 15) is 18.3 Å². The number of carboxylic acid groups (broad SMARTS) is 1. The van der Waals surface area contributed by atoms with Gasteiger partial charge in [-0.25, -0.2) is 18.2 Å². The SMILES string of the molecule is Cc1ccc(S(=O)(=O)Nc2cnc(N3CCC[C@@H](CN4CCCC4)C3)c(C(=O)O)c2)cc1. The maximum atomic E-state index is 12.7. The number of piperidine rings is 1. The smallest absolute Gasteiger partial charge is 0.339 e. The Hall–Kier alpha value is -2.65. The number of likely N-dealkylation sites (tertiary alicyclic amines) is 1. The zero-order chi connectivity index (χ0) is 22.7. The van der Waals surface area contributed by atoms with Crippen LogP contribution in [0, 0.1) is 12.8 Å². The molecule has 32 heavy (non-hydrogen) atoms. The van der Waals surface area contributed by atoms with Crippen LogP contribution in [0.1, 0.15) is 41.6 Å². The monoisotopic (exact) mass is 458 g/mol. The number of carboxylic acids is 1. The number of carbonyl (C=O) groups is 1. The number of benzene rings is 1. The fraction of sp³-hybridized carbons (Fsp3) is 0.478. The molecule has 2 aliphatic rings. The minimum absolute atomic E-state index is 0.0101. The molecule has 4 rings (SSSR count). The molecule has 3 heterocycles. The maximum absolute atomic E-state index is 12.7. The van der Waals surface area contributed by atoms with E-state index in [1.165, 1.54) is 37.2 Å². The molecule has 0 radical (unpaired) electrons. The van der Waals surface area contributed by atoms with Gasteiger partial charge in [0.1, 0.15) is 11.4 Å². The van der Waals surface area contributed by atoms with Crippen LogP contribution in [0.25, 0.3) is 0 Å². The normalized spacial score (nSPS) is 19.8. The maximum Gasteiger partial charge on any atom is 0.339 e. The zero-order valence-corrected chi connectivity index (χ0v) is 19.1. The van der Waals surface area contributed by atoms with Crippen LogP contribution in [0.5, 0.6) is 0 Å². The predicted octanol–water partition coefficient (Wildman–Crippen LogP) is 3.20. The van der Waals surface area contributed by atoms with E-state index in [2.05, 4.69) is 14.6 Å². The van der Waals surface area contributed by atoms with Crippen molar-refractivity contribution in [1.82, 2.24) is 9.88 Å². The van der Waals surface area contributed by atoms with Crippen LogP contribution in [0.4, 0.5) is 11.5 Å². The van der Waals surface area contributed by atoms with Gasteiger partial charge in [0.25, 0.3) is 10.0 Å². The van der Waals surface area contributed by atoms with Crippen molar-refractivity contribution in [1.29, 1.82) is 0 Å². The third-order valence-electron chi connectivity index (χ3n) is 6.21. The number of nitrogens with zero attached hydrogens (tertiary/aromatic N) is 3. The first kappa shape index (κ1) is 22.5. The first-order valence-electron chi connectivity index (χ1n) is 11.1. The van der Waals surface area contributed by atoms with Gasteiger partial charge in [-0.1, -0.05) is 17.7 Å². The first-order chi connectivity index (χ1) is 15.3. The molecule has 9 heteroatoms. The Morgan fingerprint density at radius 3 is 2.56 bits per heavy atom. The van der Waals surface area contributed by atoms with E-state index in [0.717, 1.165) is 51.1 Å². The van der Waals surface area contributed by atoms with E-state index in [1.54, 1.807) is 12.1 Å². The minimum atomic E-state index is -3.83. The predicted molar refractivity (Wildman–Crippen MR) is 124 cm³/mol. The highest BCUT2D eigenvalue weighted by Crippen LogP contribution is 2.28. The highest BCUT2D eigenvalue weighted by Gasteiger charge is 2.27. The van der Waals surface area contributed by atoms with Crippen LogP contribution in [-0.2, 0) is 10.0 Å². The van der Waals surface area contributed by atoms with E-state index in [0.29, 0.717) is 11.7 Å². The lowest BCUT2D eigenvalue weighted by atomic mass is 9.97. The molecular weight excluding hydrogens is 428 g/mol. The van der Waals surface area contributed by atoms with E-state index in [-0.39, 0.29) is 16.1 Å². The highest BCUT2D eigenvalue weighted by molar-refractivity contribution is 7.92. The number of pyridine rings is 1. The Bertz CT molecular complexity index is 1070. The summed E-state index contributed by atoms with van der Waals surface area (Å²) in [5.41, 5.74) is 1.10. The van der Waals surface area contributed by atoms with Gasteiger partial charge in [0, 0.05) is 19.6 Å². The van der Waals surface area contributed by atoms with Crippen molar-refractivity contribution in [2.45, 2.75) is 37.5 Å². The van der Waals surface area contributed by atoms with E-state index in [4.69, 9.17) is 0 Å². The van der Waals surface area contributed by atoms with Crippen molar-refractivity contribution < 1.29 is 18.3 Å². The van der Waals surface area contributed by atoms with Crippen LogP contribution < -0.4 is 9.62 Å².